The van der Waals surface area contributed by atoms with E-state index < -0.39 is 0 Å². The lowest BCUT2D eigenvalue weighted by molar-refractivity contribution is -0.114. The minimum Gasteiger partial charge on any atom is -0.338 e. The number of likely N-dealkylation sites (tertiary alicyclic amines) is 1. The first-order valence-corrected chi connectivity index (χ1v) is 6.91. The van der Waals surface area contributed by atoms with Gasteiger partial charge in [0.1, 0.15) is 0 Å². The number of carbonyl (C=O) groups is 2. The van der Waals surface area contributed by atoms with E-state index in [4.69, 9.17) is 0 Å². The normalized spacial score (nSPS) is 18.1. The Morgan fingerprint density at radius 2 is 2.00 bits per heavy atom. The average Bonchev–Trinajstić information content (AvgIpc) is 2.87. The van der Waals surface area contributed by atoms with Crippen LogP contribution in [0, 0.1) is 5.92 Å². The molecule has 2 rings (SSSR count). The predicted octanol–water partition coefficient (Wildman–Crippen LogP) is 1.33. The van der Waals surface area contributed by atoms with E-state index in [0.29, 0.717) is 17.2 Å². The fourth-order valence-electron chi connectivity index (χ4n) is 2.55. The third-order valence-electron chi connectivity index (χ3n) is 3.52. The SMILES string of the molecule is CNCC1CCN(C(=O)c2ccc(NC(C)=O)cc2)C1. The molecule has 1 unspecified atom stereocenters. The maximum Gasteiger partial charge on any atom is 0.253 e. The van der Waals surface area contributed by atoms with Crippen LogP contribution < -0.4 is 10.6 Å². The maximum absolute atomic E-state index is 12.3. The lowest BCUT2D eigenvalue weighted by Crippen LogP contribution is -2.30. The minimum atomic E-state index is -0.112. The number of carbonyl (C=O) groups excluding carboxylic acids is 2. The monoisotopic (exact) mass is 275 g/mol. The molecule has 5 heteroatoms. The summed E-state index contributed by atoms with van der Waals surface area (Å²) in [5.41, 5.74) is 1.38. The molecule has 0 aromatic heterocycles. The fraction of sp³-hybridized carbons (Fsp3) is 0.467. The zero-order valence-electron chi connectivity index (χ0n) is 12.0. The second-order valence-corrected chi connectivity index (χ2v) is 5.22. The molecule has 2 amide bonds. The number of nitrogens with zero attached hydrogens (tertiary/aromatic N) is 1. The van der Waals surface area contributed by atoms with Crippen LogP contribution in [-0.4, -0.2) is 43.4 Å². The number of amides is 2. The lowest BCUT2D eigenvalue weighted by Gasteiger charge is -2.17. The molecular formula is C15H21N3O2. The molecule has 0 bridgehead atoms. The maximum atomic E-state index is 12.3. The van der Waals surface area contributed by atoms with Crippen LogP contribution in [-0.2, 0) is 4.79 Å². The van der Waals surface area contributed by atoms with Crippen LogP contribution in [0.2, 0.25) is 0 Å². The molecule has 108 valence electrons. The van der Waals surface area contributed by atoms with Crippen molar-refractivity contribution in [3.8, 4) is 0 Å². The first kappa shape index (κ1) is 14.5. The summed E-state index contributed by atoms with van der Waals surface area (Å²) in [7, 11) is 1.94. The van der Waals surface area contributed by atoms with E-state index in [0.717, 1.165) is 26.1 Å². The summed E-state index contributed by atoms with van der Waals surface area (Å²) in [6.45, 7) is 4.04. The molecule has 0 aliphatic carbocycles. The van der Waals surface area contributed by atoms with Gasteiger partial charge in [-0.1, -0.05) is 0 Å². The minimum absolute atomic E-state index is 0.0676. The molecule has 0 radical (unpaired) electrons. The van der Waals surface area contributed by atoms with Gasteiger partial charge < -0.3 is 15.5 Å². The van der Waals surface area contributed by atoms with E-state index in [9.17, 15) is 9.59 Å². The van der Waals surface area contributed by atoms with Crippen molar-refractivity contribution in [1.82, 2.24) is 10.2 Å². The molecule has 5 nitrogen and oxygen atoms in total. The highest BCUT2D eigenvalue weighted by molar-refractivity contribution is 5.95. The van der Waals surface area contributed by atoms with Crippen molar-refractivity contribution >= 4 is 17.5 Å². The van der Waals surface area contributed by atoms with E-state index in [1.54, 1.807) is 24.3 Å². The fourth-order valence-corrected chi connectivity index (χ4v) is 2.55. The van der Waals surface area contributed by atoms with Crippen LogP contribution in [0.1, 0.15) is 23.7 Å². The molecular weight excluding hydrogens is 254 g/mol. The third-order valence-corrected chi connectivity index (χ3v) is 3.52. The summed E-state index contributed by atoms with van der Waals surface area (Å²) in [5.74, 6) is 0.499. The molecule has 20 heavy (non-hydrogen) atoms. The highest BCUT2D eigenvalue weighted by atomic mass is 16.2. The Bertz CT molecular complexity index is 484. The second kappa shape index (κ2) is 6.52. The van der Waals surface area contributed by atoms with Crippen LogP contribution in [0.15, 0.2) is 24.3 Å². The van der Waals surface area contributed by atoms with Gasteiger partial charge in [-0.25, -0.2) is 0 Å². The highest BCUT2D eigenvalue weighted by Gasteiger charge is 2.26. The van der Waals surface area contributed by atoms with Crippen molar-refractivity contribution in [1.29, 1.82) is 0 Å². The van der Waals surface area contributed by atoms with Crippen molar-refractivity contribution in [3.05, 3.63) is 29.8 Å². The smallest absolute Gasteiger partial charge is 0.253 e. The first-order valence-electron chi connectivity index (χ1n) is 6.91. The predicted molar refractivity (Wildman–Crippen MR) is 78.7 cm³/mol. The molecule has 1 saturated heterocycles. The molecule has 1 fully saturated rings. The Morgan fingerprint density at radius 1 is 1.30 bits per heavy atom. The molecule has 1 aliphatic rings. The van der Waals surface area contributed by atoms with Crippen LogP contribution in [0.25, 0.3) is 0 Å². The Labute approximate surface area is 119 Å². The van der Waals surface area contributed by atoms with Gasteiger partial charge in [0.2, 0.25) is 5.91 Å². The van der Waals surface area contributed by atoms with Gasteiger partial charge in [0, 0.05) is 31.3 Å². The van der Waals surface area contributed by atoms with E-state index in [-0.39, 0.29) is 11.8 Å². The average molecular weight is 275 g/mol. The van der Waals surface area contributed by atoms with Gasteiger partial charge in [0.05, 0.1) is 0 Å². The molecule has 1 aromatic carbocycles. The number of anilines is 1. The van der Waals surface area contributed by atoms with Gasteiger partial charge in [0.25, 0.3) is 5.91 Å². The molecule has 1 heterocycles. The van der Waals surface area contributed by atoms with Crippen molar-refractivity contribution < 1.29 is 9.59 Å². The van der Waals surface area contributed by atoms with Crippen molar-refractivity contribution in [2.24, 2.45) is 5.92 Å². The highest BCUT2D eigenvalue weighted by Crippen LogP contribution is 2.19. The summed E-state index contributed by atoms with van der Waals surface area (Å²) < 4.78 is 0. The standard InChI is InChI=1S/C15H21N3O2/c1-11(19)17-14-5-3-13(4-6-14)15(20)18-8-7-12(10-18)9-16-2/h3-6,12,16H,7-10H2,1-2H3,(H,17,19). The van der Waals surface area contributed by atoms with E-state index in [1.165, 1.54) is 6.92 Å². The molecule has 1 atom stereocenters. The molecule has 2 N–H and O–H groups in total. The van der Waals surface area contributed by atoms with Gasteiger partial charge in [-0.15, -0.1) is 0 Å². The Kier molecular flexibility index (Phi) is 4.74. The van der Waals surface area contributed by atoms with E-state index >= 15 is 0 Å². The number of benzene rings is 1. The molecule has 1 aliphatic heterocycles. The van der Waals surface area contributed by atoms with Gasteiger partial charge in [-0.05, 0) is 50.2 Å². The molecule has 1 aromatic rings. The quantitative estimate of drug-likeness (QED) is 0.871. The third kappa shape index (κ3) is 3.57. The summed E-state index contributed by atoms with van der Waals surface area (Å²) in [6.07, 6.45) is 1.05. The van der Waals surface area contributed by atoms with Crippen molar-refractivity contribution in [2.45, 2.75) is 13.3 Å². The van der Waals surface area contributed by atoms with Gasteiger partial charge in [-0.2, -0.15) is 0 Å². The van der Waals surface area contributed by atoms with Gasteiger partial charge in [-0.3, -0.25) is 9.59 Å². The summed E-state index contributed by atoms with van der Waals surface area (Å²) in [5, 5.41) is 5.85. The summed E-state index contributed by atoms with van der Waals surface area (Å²) in [6, 6.07) is 7.05. The number of hydrogen-bond acceptors (Lipinski definition) is 3. The summed E-state index contributed by atoms with van der Waals surface area (Å²) >= 11 is 0. The zero-order chi connectivity index (χ0) is 14.5. The van der Waals surface area contributed by atoms with Gasteiger partial charge in [0.15, 0.2) is 0 Å². The molecule has 0 saturated carbocycles. The number of nitrogens with one attached hydrogen (secondary N) is 2. The van der Waals surface area contributed by atoms with E-state index in [2.05, 4.69) is 10.6 Å². The molecule has 0 spiro atoms. The van der Waals surface area contributed by atoms with Crippen molar-refractivity contribution in [3.63, 3.8) is 0 Å². The number of rotatable bonds is 4. The van der Waals surface area contributed by atoms with Crippen molar-refractivity contribution in [2.75, 3.05) is 32.0 Å². The zero-order valence-corrected chi connectivity index (χ0v) is 12.0. The topological polar surface area (TPSA) is 61.4 Å². The Hall–Kier alpha value is -1.88. The summed E-state index contributed by atoms with van der Waals surface area (Å²) in [4.78, 5) is 25.2. The Balaban J connectivity index is 1.97. The van der Waals surface area contributed by atoms with Crippen LogP contribution in [0.5, 0.6) is 0 Å². The van der Waals surface area contributed by atoms with E-state index in [1.807, 2.05) is 11.9 Å². The lowest BCUT2D eigenvalue weighted by atomic mass is 10.1. The Morgan fingerprint density at radius 3 is 2.60 bits per heavy atom. The van der Waals surface area contributed by atoms with Crippen LogP contribution in [0.4, 0.5) is 5.69 Å². The largest absolute Gasteiger partial charge is 0.338 e. The number of hydrogen-bond donors (Lipinski definition) is 2. The van der Waals surface area contributed by atoms with Gasteiger partial charge >= 0.3 is 0 Å². The van der Waals surface area contributed by atoms with Crippen LogP contribution >= 0.6 is 0 Å². The van der Waals surface area contributed by atoms with Crippen LogP contribution in [0.3, 0.4) is 0 Å². The first-order chi connectivity index (χ1) is 9.60. The second-order valence-electron chi connectivity index (χ2n) is 5.22.